The summed E-state index contributed by atoms with van der Waals surface area (Å²) in [5.74, 6) is 1.69. The Morgan fingerprint density at radius 1 is 0.828 bits per heavy atom. The van der Waals surface area contributed by atoms with Crippen LogP contribution in [-0.4, -0.2) is 23.1 Å². The molecule has 0 saturated carbocycles. The molecule has 0 unspecified atom stereocenters. The summed E-state index contributed by atoms with van der Waals surface area (Å²) < 4.78 is 10.8. The molecule has 29 heavy (non-hydrogen) atoms. The van der Waals surface area contributed by atoms with Gasteiger partial charge in [-0.1, -0.05) is 54.6 Å². The van der Waals surface area contributed by atoms with Crippen molar-refractivity contribution in [3.8, 4) is 28.3 Å². The number of aryl methyl sites for hydroxylation is 1. The molecule has 0 saturated heterocycles. The van der Waals surface area contributed by atoms with Crippen LogP contribution in [0.5, 0.6) is 5.75 Å². The molecule has 4 rings (SSSR count). The average Bonchev–Trinajstić information content (AvgIpc) is 3.27. The van der Waals surface area contributed by atoms with Gasteiger partial charge in [-0.2, -0.15) is 0 Å². The van der Waals surface area contributed by atoms with Crippen molar-refractivity contribution in [2.45, 2.75) is 12.8 Å². The molecule has 1 aromatic heterocycles. The fourth-order valence-corrected chi connectivity index (χ4v) is 3.05. The summed E-state index contributed by atoms with van der Waals surface area (Å²) in [5, 5.41) is 8.12. The van der Waals surface area contributed by atoms with E-state index in [1.807, 2.05) is 78.9 Å². The molecule has 0 atom stereocenters. The first-order chi connectivity index (χ1) is 14.2. The molecule has 0 aliphatic heterocycles. The number of carbonyl (C=O) groups excluding carboxylic acids is 1. The van der Waals surface area contributed by atoms with Crippen molar-refractivity contribution in [1.82, 2.24) is 10.2 Å². The Hall–Kier alpha value is -3.73. The van der Waals surface area contributed by atoms with Crippen molar-refractivity contribution in [3.63, 3.8) is 0 Å². The summed E-state index contributed by atoms with van der Waals surface area (Å²) in [5.41, 5.74) is 3.71. The Morgan fingerprint density at radius 3 is 2.17 bits per heavy atom. The predicted octanol–water partition coefficient (Wildman–Crippen LogP) is 5.23. The first-order valence-electron chi connectivity index (χ1n) is 9.38. The number of rotatable bonds is 7. The molecule has 0 radical (unpaired) electrons. The molecule has 0 fully saturated rings. The minimum atomic E-state index is 0.0498. The standard InChI is InChI=1S/C24H20N2O3/c1-28-21-13-11-20(12-14-21)24-26-25-23(29-24)16-15-22(27)19-9-7-18(8-10-19)17-5-3-2-4-6-17/h2-14H,15-16H2,1H3. The number of methoxy groups -OCH3 is 1. The molecule has 0 aliphatic rings. The molecule has 0 aliphatic carbocycles. The monoisotopic (exact) mass is 384 g/mol. The Kier molecular flexibility index (Phi) is 5.47. The van der Waals surface area contributed by atoms with E-state index < -0.39 is 0 Å². The van der Waals surface area contributed by atoms with Gasteiger partial charge in [-0.25, -0.2) is 0 Å². The molecule has 5 nitrogen and oxygen atoms in total. The highest BCUT2D eigenvalue weighted by molar-refractivity contribution is 5.96. The lowest BCUT2D eigenvalue weighted by Crippen LogP contribution is -2.01. The van der Waals surface area contributed by atoms with Gasteiger partial charge in [-0.3, -0.25) is 4.79 Å². The van der Waals surface area contributed by atoms with Gasteiger partial charge in [0.05, 0.1) is 7.11 Å². The van der Waals surface area contributed by atoms with E-state index in [1.54, 1.807) is 7.11 Å². The van der Waals surface area contributed by atoms with Gasteiger partial charge >= 0.3 is 0 Å². The summed E-state index contributed by atoms with van der Waals surface area (Å²) in [7, 11) is 1.62. The van der Waals surface area contributed by atoms with Gasteiger partial charge < -0.3 is 9.15 Å². The number of ether oxygens (including phenoxy) is 1. The zero-order valence-corrected chi connectivity index (χ0v) is 16.0. The van der Waals surface area contributed by atoms with Crippen molar-refractivity contribution in [3.05, 3.63) is 90.3 Å². The summed E-state index contributed by atoms with van der Waals surface area (Å²) in [6, 6.07) is 25.1. The van der Waals surface area contributed by atoms with E-state index in [4.69, 9.17) is 9.15 Å². The Bertz CT molecular complexity index is 1090. The molecule has 5 heteroatoms. The van der Waals surface area contributed by atoms with Crippen LogP contribution in [0, 0.1) is 0 Å². The van der Waals surface area contributed by atoms with Crippen molar-refractivity contribution in [1.29, 1.82) is 0 Å². The molecular formula is C24H20N2O3. The van der Waals surface area contributed by atoms with E-state index >= 15 is 0 Å². The largest absolute Gasteiger partial charge is 0.497 e. The fraction of sp³-hybridized carbons (Fsp3) is 0.125. The maximum absolute atomic E-state index is 12.5. The first-order valence-corrected chi connectivity index (χ1v) is 9.38. The van der Waals surface area contributed by atoms with Gasteiger partial charge in [0.15, 0.2) is 5.78 Å². The zero-order valence-electron chi connectivity index (χ0n) is 16.0. The van der Waals surface area contributed by atoms with Gasteiger partial charge in [0.1, 0.15) is 5.75 Å². The predicted molar refractivity (Wildman–Crippen MR) is 111 cm³/mol. The van der Waals surface area contributed by atoms with Crippen molar-refractivity contribution in [2.24, 2.45) is 0 Å². The van der Waals surface area contributed by atoms with Gasteiger partial charge in [0.2, 0.25) is 11.8 Å². The third-order valence-corrected chi connectivity index (χ3v) is 4.68. The van der Waals surface area contributed by atoms with Crippen LogP contribution in [0.1, 0.15) is 22.7 Å². The second-order valence-corrected chi connectivity index (χ2v) is 6.60. The summed E-state index contributed by atoms with van der Waals surface area (Å²) >= 11 is 0. The minimum absolute atomic E-state index is 0.0498. The third-order valence-electron chi connectivity index (χ3n) is 4.68. The number of carbonyl (C=O) groups is 1. The highest BCUT2D eigenvalue weighted by Crippen LogP contribution is 2.22. The molecule has 0 amide bonds. The van der Waals surface area contributed by atoms with E-state index in [9.17, 15) is 4.79 Å². The van der Waals surface area contributed by atoms with E-state index in [0.717, 1.165) is 22.4 Å². The van der Waals surface area contributed by atoms with Crippen molar-refractivity contribution < 1.29 is 13.9 Å². The minimum Gasteiger partial charge on any atom is -0.497 e. The quantitative estimate of drug-likeness (QED) is 0.408. The van der Waals surface area contributed by atoms with Crippen LogP contribution in [-0.2, 0) is 6.42 Å². The Labute approximate surface area is 169 Å². The van der Waals surface area contributed by atoms with Crippen LogP contribution < -0.4 is 4.74 Å². The first kappa shape index (κ1) is 18.6. The number of hydrogen-bond acceptors (Lipinski definition) is 5. The van der Waals surface area contributed by atoms with Crippen molar-refractivity contribution >= 4 is 5.78 Å². The second kappa shape index (κ2) is 8.52. The number of hydrogen-bond donors (Lipinski definition) is 0. The number of benzene rings is 3. The number of nitrogens with zero attached hydrogens (tertiary/aromatic N) is 2. The molecular weight excluding hydrogens is 364 g/mol. The average molecular weight is 384 g/mol. The molecule has 4 aromatic rings. The lowest BCUT2D eigenvalue weighted by atomic mass is 10.0. The topological polar surface area (TPSA) is 65.2 Å². The van der Waals surface area contributed by atoms with Gasteiger partial charge in [0.25, 0.3) is 0 Å². The number of aromatic nitrogens is 2. The lowest BCUT2D eigenvalue weighted by Gasteiger charge is -2.03. The maximum Gasteiger partial charge on any atom is 0.247 e. The van der Waals surface area contributed by atoms with Crippen LogP contribution in [0.3, 0.4) is 0 Å². The van der Waals surface area contributed by atoms with E-state index in [0.29, 0.717) is 30.2 Å². The van der Waals surface area contributed by atoms with Crippen molar-refractivity contribution in [2.75, 3.05) is 7.11 Å². The SMILES string of the molecule is COc1ccc(-c2nnc(CCC(=O)c3ccc(-c4ccccc4)cc3)o2)cc1. The van der Waals surface area contributed by atoms with Crippen LogP contribution >= 0.6 is 0 Å². The Morgan fingerprint density at radius 2 is 1.48 bits per heavy atom. The zero-order chi connectivity index (χ0) is 20.1. The van der Waals surface area contributed by atoms with Crippen LogP contribution in [0.25, 0.3) is 22.6 Å². The van der Waals surface area contributed by atoms with E-state index in [1.165, 1.54) is 0 Å². The van der Waals surface area contributed by atoms with Crippen LogP contribution in [0.2, 0.25) is 0 Å². The summed E-state index contributed by atoms with van der Waals surface area (Å²) in [4.78, 5) is 12.5. The van der Waals surface area contributed by atoms with E-state index in [-0.39, 0.29) is 5.78 Å². The van der Waals surface area contributed by atoms with E-state index in [2.05, 4.69) is 10.2 Å². The fourth-order valence-electron chi connectivity index (χ4n) is 3.05. The molecule has 0 N–H and O–H groups in total. The van der Waals surface area contributed by atoms with Crippen LogP contribution in [0.4, 0.5) is 0 Å². The molecule has 3 aromatic carbocycles. The third kappa shape index (κ3) is 4.41. The molecule has 144 valence electrons. The molecule has 0 bridgehead atoms. The normalized spacial score (nSPS) is 10.7. The summed E-state index contributed by atoms with van der Waals surface area (Å²) in [6.45, 7) is 0. The lowest BCUT2D eigenvalue weighted by molar-refractivity contribution is 0.0980. The summed E-state index contributed by atoms with van der Waals surface area (Å²) in [6.07, 6.45) is 0.720. The second-order valence-electron chi connectivity index (χ2n) is 6.60. The van der Waals surface area contributed by atoms with Gasteiger partial charge in [-0.15, -0.1) is 10.2 Å². The van der Waals surface area contributed by atoms with Gasteiger partial charge in [0, 0.05) is 24.0 Å². The highest BCUT2D eigenvalue weighted by atomic mass is 16.5. The van der Waals surface area contributed by atoms with Crippen LogP contribution in [0.15, 0.2) is 83.3 Å². The Balaban J connectivity index is 1.38. The molecule has 1 heterocycles. The number of Topliss-reactive ketones (excluding diaryl/α,β-unsaturated/α-hetero) is 1. The smallest absolute Gasteiger partial charge is 0.247 e. The maximum atomic E-state index is 12.5. The number of ketones is 1. The highest BCUT2D eigenvalue weighted by Gasteiger charge is 2.12. The molecule has 0 spiro atoms. The van der Waals surface area contributed by atoms with Gasteiger partial charge in [-0.05, 0) is 35.4 Å².